The Hall–Kier alpha value is -2.70. The van der Waals surface area contributed by atoms with Crippen molar-refractivity contribution in [1.29, 1.82) is 0 Å². The van der Waals surface area contributed by atoms with Crippen LogP contribution in [0.25, 0.3) is 0 Å². The zero-order valence-electron chi connectivity index (χ0n) is 14.3. The van der Waals surface area contributed by atoms with Gasteiger partial charge in [0.25, 0.3) is 0 Å². The molecular formula is C19H20F3NO3. The first-order valence-corrected chi connectivity index (χ1v) is 8.15. The average Bonchev–Trinajstić information content (AvgIpc) is 2.60. The predicted octanol–water partition coefficient (Wildman–Crippen LogP) is 4.95. The van der Waals surface area contributed by atoms with E-state index in [1.54, 1.807) is 7.11 Å². The van der Waals surface area contributed by atoms with E-state index >= 15 is 0 Å². The highest BCUT2D eigenvalue weighted by Crippen LogP contribution is 2.30. The maximum Gasteiger partial charge on any atom is 0.573 e. The van der Waals surface area contributed by atoms with Crippen molar-refractivity contribution in [1.82, 2.24) is 0 Å². The molecule has 0 spiro atoms. The van der Waals surface area contributed by atoms with E-state index in [4.69, 9.17) is 4.74 Å². The number of amides is 1. The maximum atomic E-state index is 12.4. The van der Waals surface area contributed by atoms with Crippen molar-refractivity contribution in [3.05, 3.63) is 54.1 Å². The first-order valence-electron chi connectivity index (χ1n) is 8.15. The molecule has 0 radical (unpaired) electrons. The minimum Gasteiger partial charge on any atom is -0.497 e. The Morgan fingerprint density at radius 3 is 2.38 bits per heavy atom. The van der Waals surface area contributed by atoms with E-state index in [1.807, 2.05) is 24.3 Å². The lowest BCUT2D eigenvalue weighted by molar-refractivity contribution is -0.274. The molecule has 0 bridgehead atoms. The molecule has 0 heterocycles. The number of nitrogens with one attached hydrogen (secondary N) is 1. The number of methoxy groups -OCH3 is 1. The Bertz CT molecular complexity index is 715. The molecule has 0 atom stereocenters. The highest BCUT2D eigenvalue weighted by atomic mass is 19.4. The van der Waals surface area contributed by atoms with E-state index in [9.17, 15) is 18.0 Å². The van der Waals surface area contributed by atoms with E-state index in [0.717, 1.165) is 30.2 Å². The number of unbranched alkanes of at least 4 members (excludes halogenated alkanes) is 1. The number of hydrogen-bond donors (Lipinski definition) is 1. The summed E-state index contributed by atoms with van der Waals surface area (Å²) in [6.45, 7) is 0. The van der Waals surface area contributed by atoms with E-state index in [0.29, 0.717) is 6.42 Å². The van der Waals surface area contributed by atoms with Crippen LogP contribution in [0.1, 0.15) is 24.8 Å². The molecule has 7 heteroatoms. The Morgan fingerprint density at radius 2 is 1.73 bits per heavy atom. The Morgan fingerprint density at radius 1 is 1.04 bits per heavy atom. The number of aryl methyl sites for hydroxylation is 1. The fourth-order valence-corrected chi connectivity index (χ4v) is 2.40. The van der Waals surface area contributed by atoms with Crippen LogP contribution < -0.4 is 14.8 Å². The van der Waals surface area contributed by atoms with Gasteiger partial charge in [-0.2, -0.15) is 0 Å². The summed E-state index contributed by atoms with van der Waals surface area (Å²) in [5.41, 5.74) is 1.14. The number of alkyl halides is 3. The van der Waals surface area contributed by atoms with Crippen LogP contribution >= 0.6 is 0 Å². The zero-order valence-corrected chi connectivity index (χ0v) is 14.3. The Labute approximate surface area is 149 Å². The Balaban J connectivity index is 1.78. The van der Waals surface area contributed by atoms with Crippen molar-refractivity contribution in [2.45, 2.75) is 32.0 Å². The molecule has 2 aromatic carbocycles. The van der Waals surface area contributed by atoms with Gasteiger partial charge in [0.2, 0.25) is 5.91 Å². The number of para-hydroxylation sites is 2. The van der Waals surface area contributed by atoms with Crippen molar-refractivity contribution < 1.29 is 27.4 Å². The third-order valence-electron chi connectivity index (χ3n) is 3.67. The standard InChI is InChI=1S/C19H20F3NO3/c1-25-15-12-10-14(11-13-15)6-2-5-9-18(24)23-16-7-3-4-8-17(16)26-19(20,21)22/h3-4,7-8,10-13H,2,5-6,9H2,1H3,(H,23,24). The number of ether oxygens (including phenoxy) is 2. The SMILES string of the molecule is COc1ccc(CCCCC(=O)Nc2ccccc2OC(F)(F)F)cc1. The second kappa shape index (κ2) is 9.12. The fraction of sp³-hybridized carbons (Fsp3) is 0.316. The van der Waals surface area contributed by atoms with Gasteiger partial charge in [-0.1, -0.05) is 24.3 Å². The van der Waals surface area contributed by atoms with Gasteiger partial charge in [-0.3, -0.25) is 4.79 Å². The number of rotatable bonds is 8. The second-order valence-corrected chi connectivity index (χ2v) is 5.65. The van der Waals surface area contributed by atoms with Gasteiger partial charge in [0.05, 0.1) is 12.8 Å². The molecule has 140 valence electrons. The van der Waals surface area contributed by atoms with E-state index in [-0.39, 0.29) is 18.0 Å². The molecule has 2 rings (SSSR count). The number of carbonyl (C=O) groups excluding carboxylic acids is 1. The van der Waals surface area contributed by atoms with Crippen molar-refractivity contribution in [3.63, 3.8) is 0 Å². The molecule has 2 aromatic rings. The molecule has 0 saturated heterocycles. The maximum absolute atomic E-state index is 12.4. The van der Waals surface area contributed by atoms with Crippen LogP contribution in [0.5, 0.6) is 11.5 Å². The lowest BCUT2D eigenvalue weighted by Crippen LogP contribution is -2.19. The molecular weight excluding hydrogens is 347 g/mol. The Kier molecular flexibility index (Phi) is 6.89. The lowest BCUT2D eigenvalue weighted by Gasteiger charge is -2.13. The molecule has 0 fully saturated rings. The number of benzene rings is 2. The monoisotopic (exact) mass is 367 g/mol. The average molecular weight is 367 g/mol. The summed E-state index contributed by atoms with van der Waals surface area (Å²) in [6.07, 6.45) is -2.36. The van der Waals surface area contributed by atoms with Crippen LogP contribution in [0.15, 0.2) is 48.5 Å². The molecule has 0 aliphatic rings. The quantitative estimate of drug-likeness (QED) is 0.672. The number of anilines is 1. The first-order chi connectivity index (χ1) is 12.4. The van der Waals surface area contributed by atoms with Crippen LogP contribution in [-0.4, -0.2) is 19.4 Å². The fourth-order valence-electron chi connectivity index (χ4n) is 2.40. The lowest BCUT2D eigenvalue weighted by atomic mass is 10.1. The van der Waals surface area contributed by atoms with Crippen LogP contribution in [0.3, 0.4) is 0 Å². The van der Waals surface area contributed by atoms with Crippen LogP contribution in [0.4, 0.5) is 18.9 Å². The summed E-state index contributed by atoms with van der Waals surface area (Å²) in [4.78, 5) is 12.0. The normalized spacial score (nSPS) is 11.1. The highest BCUT2D eigenvalue weighted by molar-refractivity contribution is 5.92. The molecule has 0 aromatic heterocycles. The number of halogens is 3. The van der Waals surface area contributed by atoms with Crippen LogP contribution in [0.2, 0.25) is 0 Å². The summed E-state index contributed by atoms with van der Waals surface area (Å²) < 4.78 is 46.1. The molecule has 1 amide bonds. The summed E-state index contributed by atoms with van der Waals surface area (Å²) in [5.74, 6) is 0.0115. The molecule has 1 N–H and O–H groups in total. The third kappa shape index (κ3) is 6.66. The van der Waals surface area contributed by atoms with Gasteiger partial charge in [-0.15, -0.1) is 13.2 Å². The van der Waals surface area contributed by atoms with Gasteiger partial charge in [-0.05, 0) is 49.1 Å². The van der Waals surface area contributed by atoms with E-state index in [1.165, 1.54) is 18.2 Å². The molecule has 0 saturated carbocycles. The van der Waals surface area contributed by atoms with Gasteiger partial charge in [0.15, 0.2) is 5.75 Å². The van der Waals surface area contributed by atoms with Crippen molar-refractivity contribution >= 4 is 11.6 Å². The van der Waals surface area contributed by atoms with Gasteiger partial charge < -0.3 is 14.8 Å². The number of hydrogen-bond acceptors (Lipinski definition) is 3. The van der Waals surface area contributed by atoms with Gasteiger partial charge in [-0.25, -0.2) is 0 Å². The molecule has 0 aliphatic heterocycles. The minimum absolute atomic E-state index is 0.00461. The van der Waals surface area contributed by atoms with Gasteiger partial charge in [0.1, 0.15) is 5.75 Å². The largest absolute Gasteiger partial charge is 0.573 e. The topological polar surface area (TPSA) is 47.6 Å². The highest BCUT2D eigenvalue weighted by Gasteiger charge is 2.32. The minimum atomic E-state index is -4.81. The van der Waals surface area contributed by atoms with Crippen molar-refractivity contribution in [3.8, 4) is 11.5 Å². The summed E-state index contributed by atoms with van der Waals surface area (Å²) in [7, 11) is 1.60. The smallest absolute Gasteiger partial charge is 0.497 e. The first kappa shape index (κ1) is 19.6. The van der Waals surface area contributed by atoms with Crippen LogP contribution in [0, 0.1) is 0 Å². The van der Waals surface area contributed by atoms with Gasteiger partial charge in [0, 0.05) is 6.42 Å². The third-order valence-corrected chi connectivity index (χ3v) is 3.67. The van der Waals surface area contributed by atoms with Crippen molar-refractivity contribution in [2.24, 2.45) is 0 Å². The second-order valence-electron chi connectivity index (χ2n) is 5.65. The molecule has 0 unspecified atom stereocenters. The molecule has 26 heavy (non-hydrogen) atoms. The van der Waals surface area contributed by atoms with Crippen molar-refractivity contribution in [2.75, 3.05) is 12.4 Å². The van der Waals surface area contributed by atoms with Gasteiger partial charge >= 0.3 is 6.36 Å². The summed E-state index contributed by atoms with van der Waals surface area (Å²) in [5, 5.41) is 2.47. The molecule has 4 nitrogen and oxygen atoms in total. The predicted molar refractivity (Wildman–Crippen MR) is 92.3 cm³/mol. The van der Waals surface area contributed by atoms with Crippen LogP contribution in [-0.2, 0) is 11.2 Å². The summed E-state index contributed by atoms with van der Waals surface area (Å²) >= 11 is 0. The van der Waals surface area contributed by atoms with E-state index < -0.39 is 12.1 Å². The number of carbonyl (C=O) groups is 1. The molecule has 0 aliphatic carbocycles. The zero-order chi connectivity index (χ0) is 19.0. The van der Waals surface area contributed by atoms with E-state index in [2.05, 4.69) is 10.1 Å². The summed E-state index contributed by atoms with van der Waals surface area (Å²) in [6, 6.07) is 13.1.